The van der Waals surface area contributed by atoms with Crippen LogP contribution in [0.1, 0.15) is 36.7 Å². The van der Waals surface area contributed by atoms with Crippen molar-refractivity contribution in [3.05, 3.63) is 32.9 Å². The molecule has 0 aliphatic rings. The summed E-state index contributed by atoms with van der Waals surface area (Å²) in [6.45, 7) is 7.96. The highest BCUT2D eigenvalue weighted by atomic mass is 127. The first-order chi connectivity index (χ1) is 6.79. The van der Waals surface area contributed by atoms with Gasteiger partial charge in [0, 0.05) is 9.11 Å². The average Bonchev–Trinajstić information content (AvgIpc) is 1.99. The maximum Gasteiger partial charge on any atom is 0.252 e. The van der Waals surface area contributed by atoms with Crippen LogP contribution in [0.3, 0.4) is 0 Å². The summed E-state index contributed by atoms with van der Waals surface area (Å²) < 4.78 is 0.995. The number of carbonyl (C=O) groups is 1. The molecular weight excluding hydrogens is 301 g/mol. The summed E-state index contributed by atoms with van der Waals surface area (Å²) in [6, 6.07) is 5.84. The Hall–Kier alpha value is -0.580. The number of carbonyl (C=O) groups excluding carboxylic acids is 1. The third-order valence-corrected chi connectivity index (χ3v) is 2.75. The minimum atomic E-state index is -0.189. The molecule has 1 rings (SSSR count). The third kappa shape index (κ3) is 3.81. The van der Waals surface area contributed by atoms with Gasteiger partial charge in [0.2, 0.25) is 0 Å². The van der Waals surface area contributed by atoms with Gasteiger partial charge in [0.25, 0.3) is 5.91 Å². The summed E-state index contributed by atoms with van der Waals surface area (Å²) in [5.41, 5.74) is 1.73. The van der Waals surface area contributed by atoms with E-state index in [1.165, 1.54) is 5.56 Å². The maximum atomic E-state index is 11.9. The molecule has 0 atom stereocenters. The summed E-state index contributed by atoms with van der Waals surface area (Å²) in [4.78, 5) is 11.9. The molecule has 1 aromatic rings. The molecular formula is C12H16INO. The summed E-state index contributed by atoms with van der Waals surface area (Å²) in [6.07, 6.45) is 0. The second-order valence-corrected chi connectivity index (χ2v) is 5.85. The van der Waals surface area contributed by atoms with Crippen LogP contribution in [-0.2, 0) is 0 Å². The smallest absolute Gasteiger partial charge is 0.252 e. The Balaban J connectivity index is 2.92. The highest BCUT2D eigenvalue weighted by Crippen LogP contribution is 2.15. The van der Waals surface area contributed by atoms with E-state index in [2.05, 4.69) is 27.9 Å². The third-order valence-electron chi connectivity index (χ3n) is 1.86. The normalized spacial score (nSPS) is 11.3. The van der Waals surface area contributed by atoms with Crippen molar-refractivity contribution in [3.8, 4) is 0 Å². The predicted octanol–water partition coefficient (Wildman–Crippen LogP) is 3.13. The highest BCUT2D eigenvalue weighted by Gasteiger charge is 2.16. The molecule has 0 aliphatic heterocycles. The minimum absolute atomic E-state index is 0.00750. The lowest BCUT2D eigenvalue weighted by Crippen LogP contribution is -2.40. The van der Waals surface area contributed by atoms with Crippen LogP contribution in [-0.4, -0.2) is 11.4 Å². The number of hydrogen-bond acceptors (Lipinski definition) is 1. The fraction of sp³-hybridized carbons (Fsp3) is 0.417. The van der Waals surface area contributed by atoms with E-state index in [0.29, 0.717) is 0 Å². The van der Waals surface area contributed by atoms with Crippen molar-refractivity contribution in [2.45, 2.75) is 33.2 Å². The Morgan fingerprint density at radius 3 is 2.40 bits per heavy atom. The molecule has 0 spiro atoms. The van der Waals surface area contributed by atoms with Gasteiger partial charge in [0.15, 0.2) is 0 Å². The van der Waals surface area contributed by atoms with Gasteiger partial charge < -0.3 is 5.32 Å². The lowest BCUT2D eigenvalue weighted by molar-refractivity contribution is 0.0918. The molecule has 0 radical (unpaired) electrons. The molecule has 0 heterocycles. The van der Waals surface area contributed by atoms with Crippen LogP contribution in [0.15, 0.2) is 18.2 Å². The van der Waals surface area contributed by atoms with Gasteiger partial charge in [0.05, 0.1) is 5.56 Å². The number of halogens is 1. The topological polar surface area (TPSA) is 29.1 Å². The predicted molar refractivity (Wildman–Crippen MR) is 71.1 cm³/mol. The summed E-state index contributed by atoms with van der Waals surface area (Å²) in [5.74, 6) is -0.00750. The van der Waals surface area contributed by atoms with Crippen molar-refractivity contribution in [2.75, 3.05) is 0 Å². The van der Waals surface area contributed by atoms with Gasteiger partial charge in [0.1, 0.15) is 0 Å². The molecule has 1 aromatic carbocycles. The van der Waals surface area contributed by atoms with Crippen molar-refractivity contribution >= 4 is 28.5 Å². The molecule has 82 valence electrons. The van der Waals surface area contributed by atoms with Gasteiger partial charge in [-0.1, -0.05) is 11.6 Å². The molecule has 0 aliphatic carbocycles. The van der Waals surface area contributed by atoms with Crippen LogP contribution in [0.2, 0.25) is 0 Å². The Kier molecular flexibility index (Phi) is 3.76. The lowest BCUT2D eigenvalue weighted by Gasteiger charge is -2.21. The Morgan fingerprint density at radius 1 is 1.33 bits per heavy atom. The zero-order valence-corrected chi connectivity index (χ0v) is 11.7. The van der Waals surface area contributed by atoms with Crippen molar-refractivity contribution in [2.24, 2.45) is 0 Å². The van der Waals surface area contributed by atoms with E-state index < -0.39 is 0 Å². The van der Waals surface area contributed by atoms with E-state index in [-0.39, 0.29) is 11.4 Å². The molecule has 15 heavy (non-hydrogen) atoms. The first-order valence-electron chi connectivity index (χ1n) is 4.88. The molecule has 2 nitrogen and oxygen atoms in total. The van der Waals surface area contributed by atoms with E-state index in [9.17, 15) is 4.79 Å². The zero-order chi connectivity index (χ0) is 11.6. The molecule has 0 unspecified atom stereocenters. The second kappa shape index (κ2) is 4.51. The second-order valence-electron chi connectivity index (χ2n) is 4.69. The molecule has 1 amide bonds. The van der Waals surface area contributed by atoms with Gasteiger partial charge in [-0.3, -0.25) is 4.79 Å². The van der Waals surface area contributed by atoms with Crippen LogP contribution < -0.4 is 5.32 Å². The Bertz CT molecular complexity index is 380. The Labute approximate surface area is 105 Å². The van der Waals surface area contributed by atoms with E-state index in [0.717, 1.165) is 9.13 Å². The maximum absolute atomic E-state index is 11.9. The van der Waals surface area contributed by atoms with Gasteiger partial charge in [-0.05, 0) is 62.4 Å². The van der Waals surface area contributed by atoms with Crippen molar-refractivity contribution in [1.29, 1.82) is 0 Å². The van der Waals surface area contributed by atoms with E-state index in [1.54, 1.807) is 0 Å². The largest absolute Gasteiger partial charge is 0.347 e. The standard InChI is InChI=1S/C12H16INO/c1-8-5-6-9(10(13)7-8)11(15)14-12(2,3)4/h5-7H,1-4H3,(H,14,15). The van der Waals surface area contributed by atoms with Gasteiger partial charge in [-0.15, -0.1) is 0 Å². The summed E-state index contributed by atoms with van der Waals surface area (Å²) in [5, 5.41) is 2.95. The highest BCUT2D eigenvalue weighted by molar-refractivity contribution is 14.1. The van der Waals surface area contributed by atoms with Crippen LogP contribution in [0.5, 0.6) is 0 Å². The van der Waals surface area contributed by atoms with Crippen molar-refractivity contribution in [1.82, 2.24) is 5.32 Å². The van der Waals surface area contributed by atoms with E-state index >= 15 is 0 Å². The van der Waals surface area contributed by atoms with Crippen molar-refractivity contribution < 1.29 is 4.79 Å². The zero-order valence-electron chi connectivity index (χ0n) is 9.52. The fourth-order valence-electron chi connectivity index (χ4n) is 1.21. The number of nitrogens with one attached hydrogen (secondary N) is 1. The number of rotatable bonds is 1. The Morgan fingerprint density at radius 2 is 1.93 bits per heavy atom. The lowest BCUT2D eigenvalue weighted by atomic mass is 10.1. The quantitative estimate of drug-likeness (QED) is 0.792. The molecule has 0 saturated heterocycles. The SMILES string of the molecule is Cc1ccc(C(=O)NC(C)(C)C)c(I)c1. The molecule has 1 N–H and O–H groups in total. The average molecular weight is 317 g/mol. The van der Waals surface area contributed by atoms with Crippen LogP contribution in [0.25, 0.3) is 0 Å². The molecule has 0 fully saturated rings. The van der Waals surface area contributed by atoms with E-state index in [1.807, 2.05) is 45.9 Å². The fourth-order valence-corrected chi connectivity index (χ4v) is 2.13. The number of aryl methyl sites for hydroxylation is 1. The molecule has 0 aromatic heterocycles. The first kappa shape index (κ1) is 12.5. The van der Waals surface area contributed by atoms with E-state index in [4.69, 9.17) is 0 Å². The van der Waals surface area contributed by atoms with Crippen LogP contribution in [0.4, 0.5) is 0 Å². The number of hydrogen-bond donors (Lipinski definition) is 1. The van der Waals surface area contributed by atoms with Gasteiger partial charge in [-0.2, -0.15) is 0 Å². The number of benzene rings is 1. The van der Waals surface area contributed by atoms with Gasteiger partial charge >= 0.3 is 0 Å². The molecule has 3 heteroatoms. The molecule has 0 saturated carbocycles. The van der Waals surface area contributed by atoms with Crippen LogP contribution in [0, 0.1) is 10.5 Å². The first-order valence-corrected chi connectivity index (χ1v) is 5.96. The monoisotopic (exact) mass is 317 g/mol. The van der Waals surface area contributed by atoms with Crippen LogP contribution >= 0.6 is 22.6 Å². The molecule has 0 bridgehead atoms. The minimum Gasteiger partial charge on any atom is -0.347 e. The number of amides is 1. The van der Waals surface area contributed by atoms with Gasteiger partial charge in [-0.25, -0.2) is 0 Å². The van der Waals surface area contributed by atoms with Crippen molar-refractivity contribution in [3.63, 3.8) is 0 Å². The summed E-state index contributed by atoms with van der Waals surface area (Å²) in [7, 11) is 0. The summed E-state index contributed by atoms with van der Waals surface area (Å²) >= 11 is 2.19.